The van der Waals surface area contributed by atoms with E-state index >= 15 is 0 Å². The van der Waals surface area contributed by atoms with Crippen molar-refractivity contribution in [1.82, 2.24) is 0 Å². The number of aliphatic carboxylic acids is 2. The number of amides is 1. The first-order chi connectivity index (χ1) is 27.2. The summed E-state index contributed by atoms with van der Waals surface area (Å²) in [5.41, 5.74) is 0.491. The van der Waals surface area contributed by atoms with Gasteiger partial charge < -0.3 is 39.7 Å². The number of Topliss-reactive ketones (excluding diaryl/α,β-unsaturated/α-hetero) is 1. The number of halogens is 1. The number of aryl methyl sites for hydroxylation is 1. The molecule has 16 heteroatoms. The summed E-state index contributed by atoms with van der Waals surface area (Å²) in [5, 5.41) is 41.3. The normalized spacial score (nSPS) is 14.4. The molecule has 0 aliphatic heterocycles. The number of esters is 1. The molecule has 0 heterocycles. The van der Waals surface area contributed by atoms with Gasteiger partial charge >= 0.3 is 17.9 Å². The number of carboxylic acids is 2. The van der Waals surface area contributed by atoms with Crippen LogP contribution in [0.3, 0.4) is 0 Å². The van der Waals surface area contributed by atoms with E-state index in [2.05, 4.69) is 10.3 Å². The van der Waals surface area contributed by atoms with E-state index in [-0.39, 0.29) is 42.5 Å². The third-order valence-electron chi connectivity index (χ3n) is 9.78. The van der Waals surface area contributed by atoms with Crippen LogP contribution in [-0.2, 0) is 33.4 Å². The molecule has 0 bridgehead atoms. The summed E-state index contributed by atoms with van der Waals surface area (Å²) in [6.07, 6.45) is -0.0706. The lowest BCUT2D eigenvalue weighted by Gasteiger charge is -2.32. The quantitative estimate of drug-likeness (QED) is 0.0252. The topological polar surface area (TPSA) is 225 Å². The number of rotatable bonds is 23. The molecule has 0 aromatic heterocycles. The smallest absolute Gasteiger partial charge is 0.310 e. The van der Waals surface area contributed by atoms with Crippen molar-refractivity contribution in [3.05, 3.63) is 47.0 Å². The first kappa shape index (κ1) is 49.3. The SMILES string of the molecule is CCCCOC(=O)C(CC)C(C(=O)O)C(CC(C(=N)Oc1ccc(Cl)c(NC(=O)C(=Nc2ccc(N(CC)CCO)cc2C)C(=O)C(C)(C)C)c1)C(C)C(=O)O)OC. The number of hydrogen-bond donors (Lipinski definition) is 5. The van der Waals surface area contributed by atoms with Crippen LogP contribution in [0.15, 0.2) is 41.4 Å². The van der Waals surface area contributed by atoms with E-state index in [1.165, 1.54) is 32.2 Å². The molecule has 0 aliphatic rings. The van der Waals surface area contributed by atoms with Crippen LogP contribution in [0.4, 0.5) is 17.1 Å². The predicted octanol–water partition coefficient (Wildman–Crippen LogP) is 6.96. The van der Waals surface area contributed by atoms with Gasteiger partial charge in [-0.05, 0) is 69.0 Å². The third kappa shape index (κ3) is 13.6. The Bertz CT molecular complexity index is 1810. The zero-order chi connectivity index (χ0) is 43.9. The lowest BCUT2D eigenvalue weighted by molar-refractivity contribution is -0.164. The summed E-state index contributed by atoms with van der Waals surface area (Å²) in [6, 6.07) is 9.38. The van der Waals surface area contributed by atoms with Gasteiger partial charge in [-0.25, -0.2) is 4.99 Å². The molecule has 15 nitrogen and oxygen atoms in total. The Morgan fingerprint density at radius 1 is 1.00 bits per heavy atom. The van der Waals surface area contributed by atoms with Crippen LogP contribution in [0.2, 0.25) is 5.02 Å². The van der Waals surface area contributed by atoms with Crippen LogP contribution >= 0.6 is 11.6 Å². The summed E-state index contributed by atoms with van der Waals surface area (Å²) < 4.78 is 16.7. The molecule has 0 spiro atoms. The van der Waals surface area contributed by atoms with Gasteiger partial charge in [-0.15, -0.1) is 0 Å². The maximum atomic E-state index is 13.9. The maximum Gasteiger partial charge on any atom is 0.310 e. The van der Waals surface area contributed by atoms with Crippen LogP contribution in [-0.4, -0.2) is 96.0 Å². The van der Waals surface area contributed by atoms with Crippen LogP contribution in [0.1, 0.15) is 79.7 Å². The minimum absolute atomic E-state index is 0.00282. The van der Waals surface area contributed by atoms with E-state index in [1.54, 1.807) is 46.8 Å². The molecule has 1 amide bonds. The number of anilines is 2. The second-order valence-corrected chi connectivity index (χ2v) is 15.4. The average Bonchev–Trinajstić information content (AvgIpc) is 3.16. The number of nitrogens with zero attached hydrogens (tertiary/aromatic N) is 2. The van der Waals surface area contributed by atoms with E-state index < -0.39 is 76.4 Å². The summed E-state index contributed by atoms with van der Waals surface area (Å²) in [4.78, 5) is 71.8. The van der Waals surface area contributed by atoms with E-state index in [0.717, 1.165) is 12.1 Å². The zero-order valence-electron chi connectivity index (χ0n) is 34.9. The van der Waals surface area contributed by atoms with Crippen molar-refractivity contribution in [2.75, 3.05) is 43.6 Å². The second kappa shape index (κ2) is 22.9. The van der Waals surface area contributed by atoms with E-state index in [0.29, 0.717) is 30.8 Å². The number of methoxy groups -OCH3 is 1. The molecule has 5 atom stereocenters. The van der Waals surface area contributed by atoms with Crippen molar-refractivity contribution in [2.45, 2.75) is 87.2 Å². The van der Waals surface area contributed by atoms with Gasteiger partial charge in [0.15, 0.2) is 17.4 Å². The largest absolute Gasteiger partial charge is 0.481 e. The van der Waals surface area contributed by atoms with Gasteiger partial charge in [0, 0.05) is 37.4 Å². The minimum atomic E-state index is -1.43. The first-order valence-electron chi connectivity index (χ1n) is 19.4. The Morgan fingerprint density at radius 3 is 2.19 bits per heavy atom. The third-order valence-corrected chi connectivity index (χ3v) is 10.1. The van der Waals surface area contributed by atoms with Crippen molar-refractivity contribution in [2.24, 2.45) is 34.1 Å². The monoisotopic (exact) mass is 830 g/mol. The van der Waals surface area contributed by atoms with Crippen LogP contribution in [0.5, 0.6) is 5.75 Å². The fourth-order valence-corrected chi connectivity index (χ4v) is 6.38. The molecule has 58 heavy (non-hydrogen) atoms. The lowest BCUT2D eigenvalue weighted by Crippen LogP contribution is -2.43. The number of benzene rings is 2. The number of unbranched alkanes of at least 4 members (excludes halogenated alkanes) is 1. The molecule has 320 valence electrons. The highest BCUT2D eigenvalue weighted by Crippen LogP contribution is 2.33. The van der Waals surface area contributed by atoms with Crippen molar-refractivity contribution in [3.63, 3.8) is 0 Å². The van der Waals surface area contributed by atoms with Crippen LogP contribution in [0, 0.1) is 41.4 Å². The number of hydrogen-bond acceptors (Lipinski definition) is 12. The Labute approximate surface area is 345 Å². The Kier molecular flexibility index (Phi) is 19.5. The van der Waals surface area contributed by atoms with Crippen LogP contribution in [0.25, 0.3) is 0 Å². The Hall–Kier alpha value is -4.86. The molecular weight excluding hydrogens is 772 g/mol. The highest BCUT2D eigenvalue weighted by atomic mass is 35.5. The number of nitrogens with one attached hydrogen (secondary N) is 2. The minimum Gasteiger partial charge on any atom is -0.481 e. The number of aliphatic imine (C=N–C) groups is 1. The highest BCUT2D eigenvalue weighted by Gasteiger charge is 2.43. The molecule has 2 aromatic rings. The molecule has 5 unspecified atom stereocenters. The number of aliphatic hydroxyl groups is 1. The molecule has 0 radical (unpaired) electrons. The first-order valence-corrected chi connectivity index (χ1v) is 19.8. The molecule has 0 fully saturated rings. The number of likely N-dealkylation sites (N-methyl/N-ethyl adjacent to an activating group) is 1. The molecule has 2 rings (SSSR count). The molecular formula is C42H59ClN4O11. The fourth-order valence-electron chi connectivity index (χ4n) is 6.21. The van der Waals surface area contributed by atoms with Gasteiger partial charge in [0.2, 0.25) is 0 Å². The van der Waals surface area contributed by atoms with Gasteiger partial charge in [-0.1, -0.05) is 59.6 Å². The summed E-state index contributed by atoms with van der Waals surface area (Å²) >= 11 is 6.48. The highest BCUT2D eigenvalue weighted by molar-refractivity contribution is 6.68. The van der Waals surface area contributed by atoms with E-state index in [4.69, 9.17) is 31.2 Å². The standard InChI is InChI=1S/C42H59ClN4O11/c1-10-13-20-57-41(55)28(11-2)34(40(53)54)33(56-9)23-29(25(5)39(51)52)37(44)58-27-15-16-30(43)32(22-27)46-38(50)35(36(49)42(6,7)8)45-31-17-14-26(21-24(31)4)47(12-3)18-19-48/h14-17,21-22,25,28-29,33-34,44,48H,10-13,18-20,23H2,1-9H3,(H,46,50)(H,51,52)(H,53,54). The van der Waals surface area contributed by atoms with Gasteiger partial charge in [0.05, 0.1) is 59.4 Å². The lowest BCUT2D eigenvalue weighted by atomic mass is 9.79. The second-order valence-electron chi connectivity index (χ2n) is 15.0. The number of ketones is 1. The number of aliphatic hydroxyl groups excluding tert-OH is 1. The van der Waals surface area contributed by atoms with E-state index in [1.807, 2.05) is 24.8 Å². The number of carbonyl (C=O) groups is 5. The maximum absolute atomic E-state index is 13.9. The van der Waals surface area contributed by atoms with Crippen molar-refractivity contribution in [3.8, 4) is 5.75 Å². The Morgan fingerprint density at radius 2 is 1.67 bits per heavy atom. The molecule has 0 aliphatic carbocycles. The van der Waals surface area contributed by atoms with Crippen molar-refractivity contribution in [1.29, 1.82) is 5.41 Å². The Balaban J connectivity index is 2.49. The van der Waals surface area contributed by atoms with Crippen molar-refractivity contribution < 1.29 is 53.5 Å². The summed E-state index contributed by atoms with van der Waals surface area (Å²) in [6.45, 7) is 14.8. The number of carbonyl (C=O) groups excluding carboxylic acids is 3. The summed E-state index contributed by atoms with van der Waals surface area (Å²) in [7, 11) is 1.24. The molecule has 2 aromatic carbocycles. The van der Waals surface area contributed by atoms with Gasteiger partial charge in [-0.3, -0.25) is 29.4 Å². The fraction of sp³-hybridized carbons (Fsp3) is 0.548. The number of carboxylic acid groups (broad SMARTS) is 2. The van der Waals surface area contributed by atoms with Gasteiger partial charge in [0.1, 0.15) is 5.75 Å². The van der Waals surface area contributed by atoms with Crippen LogP contribution < -0.4 is 15.0 Å². The average molecular weight is 831 g/mol. The summed E-state index contributed by atoms with van der Waals surface area (Å²) in [5.74, 6) is -10.4. The molecule has 5 N–H and O–H groups in total. The number of ether oxygens (including phenoxy) is 3. The van der Waals surface area contributed by atoms with E-state index in [9.17, 15) is 39.3 Å². The zero-order valence-corrected chi connectivity index (χ0v) is 35.6. The molecule has 0 saturated heterocycles. The van der Waals surface area contributed by atoms with Gasteiger partial charge in [0.25, 0.3) is 5.91 Å². The van der Waals surface area contributed by atoms with Crippen molar-refractivity contribution >= 4 is 69.9 Å². The predicted molar refractivity (Wildman–Crippen MR) is 223 cm³/mol. The van der Waals surface area contributed by atoms with Gasteiger partial charge in [-0.2, -0.15) is 0 Å². The molecule has 0 saturated carbocycles.